The molecule has 1 aliphatic rings. The third-order valence-electron chi connectivity index (χ3n) is 4.56. The molecule has 1 nitrogen and oxygen atoms in total. The maximum absolute atomic E-state index is 3.69. The third-order valence-corrected chi connectivity index (χ3v) is 4.56. The summed E-state index contributed by atoms with van der Waals surface area (Å²) < 4.78 is 0. The topological polar surface area (TPSA) is 12.0 Å². The van der Waals surface area contributed by atoms with Crippen molar-refractivity contribution >= 4 is 0 Å². The Labute approximate surface area is 120 Å². The quantitative estimate of drug-likeness (QED) is 0.738. The van der Waals surface area contributed by atoms with Crippen LogP contribution >= 0.6 is 0 Å². The van der Waals surface area contributed by atoms with E-state index in [9.17, 15) is 0 Å². The first-order valence-corrected chi connectivity index (χ1v) is 7.98. The molecular weight excluding hydrogens is 230 g/mol. The molecule has 3 unspecified atom stereocenters. The van der Waals surface area contributed by atoms with Gasteiger partial charge in [0.15, 0.2) is 0 Å². The van der Waals surface area contributed by atoms with Crippen LogP contribution in [0.3, 0.4) is 0 Å². The smallest absolute Gasteiger partial charge is 0.0120 e. The van der Waals surface area contributed by atoms with E-state index in [4.69, 9.17) is 0 Å². The molecule has 1 rings (SSSR count). The highest BCUT2D eigenvalue weighted by Gasteiger charge is 2.31. The maximum Gasteiger partial charge on any atom is 0.0120 e. The SMILES string of the molecule is CC#CCC1CC(C(C)C)CCC1CNC(C)(C)C. The molecule has 19 heavy (non-hydrogen) atoms. The van der Waals surface area contributed by atoms with Gasteiger partial charge in [-0.25, -0.2) is 0 Å². The summed E-state index contributed by atoms with van der Waals surface area (Å²) in [5, 5.41) is 3.69. The van der Waals surface area contributed by atoms with Crippen LogP contribution < -0.4 is 5.32 Å². The highest BCUT2D eigenvalue weighted by atomic mass is 14.9. The van der Waals surface area contributed by atoms with Crippen LogP contribution in [0.25, 0.3) is 0 Å². The molecule has 0 heterocycles. The van der Waals surface area contributed by atoms with E-state index >= 15 is 0 Å². The van der Waals surface area contributed by atoms with Crippen molar-refractivity contribution in [1.82, 2.24) is 5.32 Å². The van der Waals surface area contributed by atoms with E-state index in [1.165, 1.54) is 19.3 Å². The predicted octanol–water partition coefficient (Wildman–Crippen LogP) is 4.48. The number of hydrogen-bond donors (Lipinski definition) is 1. The Hall–Kier alpha value is -0.480. The zero-order valence-corrected chi connectivity index (χ0v) is 13.8. The molecule has 0 saturated heterocycles. The van der Waals surface area contributed by atoms with Crippen molar-refractivity contribution in [3.8, 4) is 11.8 Å². The van der Waals surface area contributed by atoms with E-state index in [1.54, 1.807) is 0 Å². The lowest BCUT2D eigenvalue weighted by Gasteiger charge is -2.38. The van der Waals surface area contributed by atoms with E-state index in [0.29, 0.717) is 0 Å². The fourth-order valence-electron chi connectivity index (χ4n) is 3.16. The Morgan fingerprint density at radius 1 is 1.16 bits per heavy atom. The molecule has 110 valence electrons. The van der Waals surface area contributed by atoms with Gasteiger partial charge in [0, 0.05) is 12.0 Å². The summed E-state index contributed by atoms with van der Waals surface area (Å²) in [7, 11) is 0. The Kier molecular flexibility index (Phi) is 6.40. The number of rotatable bonds is 4. The standard InChI is InChI=1S/C18H33N/c1-7-8-9-16-12-15(14(2)3)10-11-17(16)13-19-18(4,5)6/h14-17,19H,9-13H2,1-6H3. The van der Waals surface area contributed by atoms with E-state index in [0.717, 1.165) is 36.6 Å². The van der Waals surface area contributed by atoms with Gasteiger partial charge in [-0.1, -0.05) is 13.8 Å². The molecule has 1 saturated carbocycles. The van der Waals surface area contributed by atoms with Gasteiger partial charge >= 0.3 is 0 Å². The van der Waals surface area contributed by atoms with Crippen LogP contribution in [-0.2, 0) is 0 Å². The summed E-state index contributed by atoms with van der Waals surface area (Å²) in [4.78, 5) is 0. The number of nitrogens with one attached hydrogen (secondary N) is 1. The largest absolute Gasteiger partial charge is 0.312 e. The summed E-state index contributed by atoms with van der Waals surface area (Å²) in [5.74, 6) is 9.76. The summed E-state index contributed by atoms with van der Waals surface area (Å²) in [5.41, 5.74) is 0.232. The second kappa shape index (κ2) is 7.34. The van der Waals surface area contributed by atoms with Gasteiger partial charge in [0.1, 0.15) is 0 Å². The van der Waals surface area contributed by atoms with Gasteiger partial charge in [0.05, 0.1) is 0 Å². The Bertz CT molecular complexity index is 313. The van der Waals surface area contributed by atoms with Crippen molar-refractivity contribution < 1.29 is 0 Å². The van der Waals surface area contributed by atoms with Crippen LogP contribution in [0.4, 0.5) is 0 Å². The number of hydrogen-bond acceptors (Lipinski definition) is 1. The summed E-state index contributed by atoms with van der Waals surface area (Å²) >= 11 is 0. The van der Waals surface area contributed by atoms with Crippen molar-refractivity contribution in [1.29, 1.82) is 0 Å². The predicted molar refractivity (Wildman–Crippen MR) is 85.0 cm³/mol. The van der Waals surface area contributed by atoms with Crippen LogP contribution in [0.15, 0.2) is 0 Å². The lowest BCUT2D eigenvalue weighted by atomic mass is 9.69. The third kappa shape index (κ3) is 6.00. The molecule has 3 atom stereocenters. The van der Waals surface area contributed by atoms with Crippen molar-refractivity contribution in [3.05, 3.63) is 0 Å². The highest BCUT2D eigenvalue weighted by Crippen LogP contribution is 2.38. The van der Waals surface area contributed by atoms with Crippen LogP contribution in [0.2, 0.25) is 0 Å². The van der Waals surface area contributed by atoms with Gasteiger partial charge in [-0.15, -0.1) is 11.8 Å². The van der Waals surface area contributed by atoms with E-state index in [2.05, 4.69) is 51.8 Å². The lowest BCUT2D eigenvalue weighted by Crippen LogP contribution is -2.42. The van der Waals surface area contributed by atoms with Crippen molar-refractivity contribution in [2.45, 2.75) is 72.8 Å². The lowest BCUT2D eigenvalue weighted by molar-refractivity contribution is 0.142. The van der Waals surface area contributed by atoms with E-state index in [-0.39, 0.29) is 5.54 Å². The molecule has 1 N–H and O–H groups in total. The van der Waals surface area contributed by atoms with Gasteiger partial charge < -0.3 is 5.32 Å². The zero-order chi connectivity index (χ0) is 14.5. The fourth-order valence-corrected chi connectivity index (χ4v) is 3.16. The van der Waals surface area contributed by atoms with Crippen LogP contribution in [-0.4, -0.2) is 12.1 Å². The molecule has 0 amide bonds. The minimum absolute atomic E-state index is 0.232. The van der Waals surface area contributed by atoms with Gasteiger partial charge in [0.2, 0.25) is 0 Å². The fraction of sp³-hybridized carbons (Fsp3) is 0.889. The minimum atomic E-state index is 0.232. The Morgan fingerprint density at radius 2 is 1.84 bits per heavy atom. The first-order chi connectivity index (χ1) is 8.83. The van der Waals surface area contributed by atoms with Crippen LogP contribution in [0, 0.1) is 35.5 Å². The normalized spacial score (nSPS) is 28.1. The zero-order valence-electron chi connectivity index (χ0n) is 13.8. The highest BCUT2D eigenvalue weighted by molar-refractivity contribution is 4.99. The van der Waals surface area contributed by atoms with Crippen molar-refractivity contribution in [2.24, 2.45) is 23.7 Å². The molecule has 0 aromatic rings. The van der Waals surface area contributed by atoms with Crippen molar-refractivity contribution in [3.63, 3.8) is 0 Å². The molecule has 1 aliphatic carbocycles. The molecule has 1 heteroatoms. The first kappa shape index (κ1) is 16.6. The van der Waals surface area contributed by atoms with E-state index < -0.39 is 0 Å². The van der Waals surface area contributed by atoms with Crippen LogP contribution in [0.1, 0.15) is 67.2 Å². The van der Waals surface area contributed by atoms with Gasteiger partial charge in [-0.3, -0.25) is 0 Å². The molecule has 0 radical (unpaired) electrons. The summed E-state index contributed by atoms with van der Waals surface area (Å²) in [6.07, 6.45) is 5.26. The van der Waals surface area contributed by atoms with Crippen molar-refractivity contribution in [2.75, 3.05) is 6.54 Å². The molecular formula is C18H33N. The first-order valence-electron chi connectivity index (χ1n) is 7.98. The molecule has 0 bridgehead atoms. The average molecular weight is 263 g/mol. The molecule has 1 fully saturated rings. The molecule has 0 aromatic heterocycles. The van der Waals surface area contributed by atoms with E-state index in [1.807, 2.05) is 6.92 Å². The summed E-state index contributed by atoms with van der Waals surface area (Å²) in [6, 6.07) is 0. The second-order valence-electron chi connectivity index (χ2n) is 7.60. The molecule has 0 spiro atoms. The van der Waals surface area contributed by atoms with Gasteiger partial charge in [0.25, 0.3) is 0 Å². The van der Waals surface area contributed by atoms with Crippen LogP contribution in [0.5, 0.6) is 0 Å². The average Bonchev–Trinajstić information content (AvgIpc) is 2.33. The minimum Gasteiger partial charge on any atom is -0.312 e. The summed E-state index contributed by atoms with van der Waals surface area (Å²) in [6.45, 7) is 14.6. The monoisotopic (exact) mass is 263 g/mol. The maximum atomic E-state index is 3.69. The second-order valence-corrected chi connectivity index (χ2v) is 7.60. The molecule has 0 aliphatic heterocycles. The Morgan fingerprint density at radius 3 is 2.37 bits per heavy atom. The molecule has 0 aromatic carbocycles. The van der Waals surface area contributed by atoms with Gasteiger partial charge in [-0.05, 0) is 77.2 Å². The van der Waals surface area contributed by atoms with Gasteiger partial charge in [-0.2, -0.15) is 0 Å². The Balaban J connectivity index is 2.59.